The van der Waals surface area contributed by atoms with E-state index in [1.54, 1.807) is 0 Å². The van der Waals surface area contributed by atoms with E-state index < -0.39 is 0 Å². The second-order valence-corrected chi connectivity index (χ2v) is 8.62. The Morgan fingerprint density at radius 3 is 1.43 bits per heavy atom. The van der Waals surface area contributed by atoms with Crippen LogP contribution in [0, 0.1) is 0 Å². The average Bonchev–Trinajstić information content (AvgIpc) is 3.31. The third-order valence-corrected chi connectivity index (χ3v) is 7.23. The third kappa shape index (κ3) is 2.32. The van der Waals surface area contributed by atoms with Crippen LogP contribution in [0.1, 0.15) is 38.0 Å². The Kier molecular flexibility index (Phi) is 3.66. The van der Waals surface area contributed by atoms with Crippen LogP contribution in [0.3, 0.4) is 0 Å². The van der Waals surface area contributed by atoms with E-state index in [9.17, 15) is 0 Å². The van der Waals surface area contributed by atoms with Gasteiger partial charge in [0, 0.05) is 0 Å². The number of benzene rings is 4. The predicted molar refractivity (Wildman–Crippen MR) is 111 cm³/mol. The van der Waals surface area contributed by atoms with Gasteiger partial charge in [0.15, 0.2) is 0 Å². The molecule has 0 atom stereocenters. The fourth-order valence-corrected chi connectivity index (χ4v) is 5.80. The minimum absolute atomic E-state index is 0.334. The summed E-state index contributed by atoms with van der Waals surface area (Å²) in [5, 5.41) is 0. The molecule has 0 saturated carbocycles. The Hall–Kier alpha value is -2.54. The first-order valence-electron chi connectivity index (χ1n) is 9.89. The van der Waals surface area contributed by atoms with Gasteiger partial charge < -0.3 is 0 Å². The first-order valence-corrected chi connectivity index (χ1v) is 10.7. The summed E-state index contributed by atoms with van der Waals surface area (Å²) in [6.45, 7) is 0. The zero-order valence-corrected chi connectivity index (χ0v) is 16.9. The van der Waals surface area contributed by atoms with Crippen LogP contribution in [0.2, 0.25) is 0 Å². The molecule has 0 radical (unpaired) electrons. The fourth-order valence-electron chi connectivity index (χ4n) is 5.04. The summed E-state index contributed by atoms with van der Waals surface area (Å²) in [7, 11) is 0. The van der Waals surface area contributed by atoms with Gasteiger partial charge in [-0.1, -0.05) is 0 Å². The molecule has 0 bridgehead atoms. The van der Waals surface area contributed by atoms with Crippen LogP contribution in [-0.2, 0) is 30.3 Å². The zero-order chi connectivity index (χ0) is 18.7. The van der Waals surface area contributed by atoms with Crippen molar-refractivity contribution in [1.82, 2.24) is 0 Å². The molecular formula is C27H19V. The van der Waals surface area contributed by atoms with Crippen LogP contribution in [0.5, 0.6) is 0 Å². The Bertz CT molecular complexity index is 1140. The van der Waals surface area contributed by atoms with Crippen molar-refractivity contribution in [3.8, 4) is 22.3 Å². The molecule has 28 heavy (non-hydrogen) atoms. The van der Waals surface area contributed by atoms with Gasteiger partial charge in [-0.3, -0.25) is 0 Å². The molecule has 0 spiro atoms. The number of rotatable bonds is 2. The van der Waals surface area contributed by atoms with E-state index in [1.807, 2.05) is 0 Å². The Balaban J connectivity index is 1.48. The Morgan fingerprint density at radius 2 is 0.929 bits per heavy atom. The van der Waals surface area contributed by atoms with Crippen LogP contribution in [0.25, 0.3) is 22.3 Å². The van der Waals surface area contributed by atoms with E-state index in [4.69, 9.17) is 0 Å². The minimum atomic E-state index is 0.334. The van der Waals surface area contributed by atoms with Gasteiger partial charge in [-0.25, -0.2) is 0 Å². The molecule has 0 nitrogen and oxygen atoms in total. The second kappa shape index (κ2) is 6.24. The summed E-state index contributed by atoms with van der Waals surface area (Å²) in [5.41, 5.74) is 14.5. The molecule has 0 aromatic heterocycles. The zero-order valence-electron chi connectivity index (χ0n) is 15.5. The van der Waals surface area contributed by atoms with Crippen molar-refractivity contribution in [2.24, 2.45) is 0 Å². The van der Waals surface area contributed by atoms with Crippen molar-refractivity contribution in [3.05, 3.63) is 118 Å². The Labute approximate surface area is 175 Å². The van der Waals surface area contributed by atoms with E-state index in [0.29, 0.717) is 4.63 Å². The maximum atomic E-state index is 2.95. The molecule has 0 amide bonds. The van der Waals surface area contributed by atoms with Crippen molar-refractivity contribution in [2.75, 3.05) is 0 Å². The van der Waals surface area contributed by atoms with Gasteiger partial charge in [-0.15, -0.1) is 0 Å². The monoisotopic (exact) mass is 394 g/mol. The first kappa shape index (κ1) is 16.4. The molecule has 1 heteroatoms. The van der Waals surface area contributed by atoms with Crippen LogP contribution in [0.4, 0.5) is 0 Å². The molecular weight excluding hydrogens is 375 g/mol. The molecule has 2 aliphatic rings. The molecule has 4 aromatic rings. The van der Waals surface area contributed by atoms with Gasteiger partial charge in [-0.2, -0.15) is 0 Å². The number of fused-ring (bicyclic) bond motifs is 6. The maximum absolute atomic E-state index is 2.95. The van der Waals surface area contributed by atoms with Gasteiger partial charge in [0.25, 0.3) is 0 Å². The SMILES string of the molecule is [V][CH](c1cccc2c1Cc1ccccc1-2)c1cccc2c1Cc1ccccc1-2. The fraction of sp³-hybridized carbons (Fsp3) is 0.111. The molecule has 132 valence electrons. The van der Waals surface area contributed by atoms with Crippen LogP contribution >= 0.6 is 0 Å². The second-order valence-electron chi connectivity index (χ2n) is 7.82. The molecule has 0 N–H and O–H groups in total. The molecule has 4 aromatic carbocycles. The third-order valence-electron chi connectivity index (χ3n) is 6.36. The summed E-state index contributed by atoms with van der Waals surface area (Å²) in [4.78, 5) is 0. The summed E-state index contributed by atoms with van der Waals surface area (Å²) in [5.74, 6) is 0. The molecule has 0 aliphatic heterocycles. The van der Waals surface area contributed by atoms with Crippen LogP contribution in [0.15, 0.2) is 84.9 Å². The van der Waals surface area contributed by atoms with E-state index in [1.165, 1.54) is 55.6 Å². The van der Waals surface area contributed by atoms with Gasteiger partial charge >= 0.3 is 175 Å². The van der Waals surface area contributed by atoms with Gasteiger partial charge in [0.05, 0.1) is 0 Å². The number of hydrogen-bond donors (Lipinski definition) is 0. The van der Waals surface area contributed by atoms with E-state index in [-0.39, 0.29) is 0 Å². The normalized spacial score (nSPS) is 13.2. The van der Waals surface area contributed by atoms with Crippen LogP contribution < -0.4 is 0 Å². The van der Waals surface area contributed by atoms with E-state index in [0.717, 1.165) is 12.8 Å². The standard InChI is InChI=1S/C27H19.V/c1-3-11-22-20(7-1)16-26-18(9-5-13-24(22)26)15-19-10-6-14-25-23-12-4-2-8-21(23)17-27(19)25;/h1-15H,16-17H2;. The molecule has 2 aliphatic carbocycles. The van der Waals surface area contributed by atoms with E-state index in [2.05, 4.69) is 102 Å². The molecule has 0 heterocycles. The molecule has 0 unspecified atom stereocenters. The summed E-state index contributed by atoms with van der Waals surface area (Å²) >= 11 is 2.95. The molecule has 0 fully saturated rings. The van der Waals surface area contributed by atoms with Crippen molar-refractivity contribution in [2.45, 2.75) is 17.5 Å². The first-order chi connectivity index (χ1) is 13.8. The van der Waals surface area contributed by atoms with E-state index >= 15 is 0 Å². The van der Waals surface area contributed by atoms with Gasteiger partial charge in [-0.05, 0) is 0 Å². The van der Waals surface area contributed by atoms with Crippen molar-refractivity contribution < 1.29 is 17.4 Å². The van der Waals surface area contributed by atoms with Crippen molar-refractivity contribution >= 4 is 0 Å². The predicted octanol–water partition coefficient (Wildman–Crippen LogP) is 6.47. The van der Waals surface area contributed by atoms with Crippen molar-refractivity contribution in [3.63, 3.8) is 0 Å². The summed E-state index contributed by atoms with van der Waals surface area (Å²) in [6, 6.07) is 31.4. The average molecular weight is 394 g/mol. The molecule has 0 saturated heterocycles. The summed E-state index contributed by atoms with van der Waals surface area (Å²) in [6.07, 6.45) is 2.09. The van der Waals surface area contributed by atoms with Gasteiger partial charge in [0.2, 0.25) is 0 Å². The van der Waals surface area contributed by atoms with Gasteiger partial charge in [0.1, 0.15) is 0 Å². The van der Waals surface area contributed by atoms with Crippen molar-refractivity contribution in [1.29, 1.82) is 0 Å². The van der Waals surface area contributed by atoms with Crippen LogP contribution in [-0.4, -0.2) is 0 Å². The topological polar surface area (TPSA) is 0 Å². The quantitative estimate of drug-likeness (QED) is 0.316. The molecule has 6 rings (SSSR count). The summed E-state index contributed by atoms with van der Waals surface area (Å²) < 4.78 is 0.334. The Morgan fingerprint density at radius 1 is 0.500 bits per heavy atom. The number of hydrogen-bond acceptors (Lipinski definition) is 0.